The minimum atomic E-state index is -4.81. The molecule has 4 aromatic carbocycles. The molecule has 0 aliphatic rings. The molecule has 4 rings (SSSR count). The van der Waals surface area contributed by atoms with Crippen LogP contribution in [0.25, 0.3) is 0 Å². The molecule has 5 nitrogen and oxygen atoms in total. The molecule has 0 saturated heterocycles. The van der Waals surface area contributed by atoms with Crippen molar-refractivity contribution in [2.45, 2.75) is 36.4 Å². The Morgan fingerprint density at radius 1 is 0.864 bits per heavy atom. The summed E-state index contributed by atoms with van der Waals surface area (Å²) >= 11 is 0. The number of ether oxygens (including phenoxy) is 1. The molecule has 0 atom stereocenters. The first kappa shape index (κ1) is 33.2. The number of benzene rings is 4. The maximum Gasteiger partial charge on any atom is 0.419 e. The molecule has 0 amide bonds. The Hall–Kier alpha value is -3.73. The van der Waals surface area contributed by atoms with Crippen LogP contribution in [0.4, 0.5) is 17.6 Å². The van der Waals surface area contributed by atoms with E-state index in [4.69, 9.17) is 4.74 Å². The summed E-state index contributed by atoms with van der Waals surface area (Å²) in [5.74, 6) is -1.08. The van der Waals surface area contributed by atoms with Crippen LogP contribution in [-0.2, 0) is 29.0 Å². The van der Waals surface area contributed by atoms with Gasteiger partial charge in [-0.15, -0.1) is 0 Å². The predicted molar refractivity (Wildman–Crippen MR) is 162 cm³/mol. The smallest absolute Gasteiger partial charge is 0.419 e. The number of hydrogen-bond donors (Lipinski definition) is 1. The van der Waals surface area contributed by atoms with Crippen LogP contribution in [0.3, 0.4) is 0 Å². The summed E-state index contributed by atoms with van der Waals surface area (Å²) in [6, 6.07) is 27.5. The first-order valence-corrected chi connectivity index (χ1v) is 16.1. The van der Waals surface area contributed by atoms with Crippen LogP contribution in [-0.4, -0.2) is 51.0 Å². The lowest BCUT2D eigenvalue weighted by Gasteiger charge is -2.29. The normalized spacial score (nSPS) is 12.2. The van der Waals surface area contributed by atoms with E-state index in [1.54, 1.807) is 12.1 Å². The van der Waals surface area contributed by atoms with Gasteiger partial charge in [0.05, 0.1) is 17.1 Å². The van der Waals surface area contributed by atoms with Crippen LogP contribution < -0.4 is 4.74 Å². The van der Waals surface area contributed by atoms with Crippen molar-refractivity contribution in [3.05, 3.63) is 131 Å². The van der Waals surface area contributed by atoms with Gasteiger partial charge in [0.1, 0.15) is 11.6 Å². The molecule has 44 heavy (non-hydrogen) atoms. The SMILES string of the molecule is CS(=O)(=O)c1cc(OCCCN(Cc2cccc(C(F)(F)F)c2F)CC(c2ccccc2)c2ccccc2)ccc1CCO. The number of halogens is 4. The molecule has 4 aromatic rings. The summed E-state index contributed by atoms with van der Waals surface area (Å²) in [6.45, 7) is 0.703. The van der Waals surface area contributed by atoms with Crippen molar-refractivity contribution in [1.82, 2.24) is 4.90 Å². The zero-order chi connectivity index (χ0) is 31.7. The van der Waals surface area contributed by atoms with E-state index < -0.39 is 27.4 Å². The number of hydrogen-bond acceptors (Lipinski definition) is 5. The maximum absolute atomic E-state index is 15.1. The second kappa shape index (κ2) is 14.8. The van der Waals surface area contributed by atoms with Gasteiger partial charge in [-0.3, -0.25) is 4.90 Å². The molecule has 0 aromatic heterocycles. The Bertz CT molecular complexity index is 1570. The number of sulfone groups is 1. The summed E-state index contributed by atoms with van der Waals surface area (Å²) in [6.07, 6.45) is -3.10. The molecule has 0 spiro atoms. The van der Waals surface area contributed by atoms with Crippen LogP contribution in [0.2, 0.25) is 0 Å². The van der Waals surface area contributed by atoms with Crippen molar-refractivity contribution in [2.24, 2.45) is 0 Å². The molecule has 234 valence electrons. The van der Waals surface area contributed by atoms with Crippen molar-refractivity contribution < 1.29 is 35.8 Å². The molecule has 0 heterocycles. The highest BCUT2D eigenvalue weighted by atomic mass is 32.2. The van der Waals surface area contributed by atoms with E-state index in [9.17, 15) is 26.7 Å². The van der Waals surface area contributed by atoms with Gasteiger partial charge in [-0.2, -0.15) is 13.2 Å². The first-order chi connectivity index (χ1) is 21.0. The third kappa shape index (κ3) is 8.90. The molecule has 0 unspecified atom stereocenters. The van der Waals surface area contributed by atoms with Gasteiger partial charge in [0.2, 0.25) is 0 Å². The predicted octanol–water partition coefficient (Wildman–Crippen LogP) is 6.89. The van der Waals surface area contributed by atoms with E-state index in [-0.39, 0.29) is 42.6 Å². The van der Waals surface area contributed by atoms with Gasteiger partial charge in [0.25, 0.3) is 0 Å². The number of alkyl halides is 3. The average molecular weight is 630 g/mol. The van der Waals surface area contributed by atoms with E-state index in [1.165, 1.54) is 18.2 Å². The lowest BCUT2D eigenvalue weighted by atomic mass is 9.90. The Kier molecular flexibility index (Phi) is 11.2. The van der Waals surface area contributed by atoms with Crippen LogP contribution in [0.1, 0.15) is 40.2 Å². The van der Waals surface area contributed by atoms with Crippen LogP contribution in [0, 0.1) is 5.82 Å². The quantitative estimate of drug-likeness (QED) is 0.122. The topological polar surface area (TPSA) is 66.8 Å². The van der Waals surface area contributed by atoms with E-state index in [0.717, 1.165) is 23.4 Å². The Morgan fingerprint density at radius 3 is 2.07 bits per heavy atom. The third-order valence-electron chi connectivity index (χ3n) is 7.33. The molecule has 0 bridgehead atoms. The second-order valence-corrected chi connectivity index (χ2v) is 12.6. The summed E-state index contributed by atoms with van der Waals surface area (Å²) in [4.78, 5) is 2.00. The highest BCUT2D eigenvalue weighted by Gasteiger charge is 2.35. The molecule has 0 radical (unpaired) electrons. The molecule has 0 fully saturated rings. The third-order valence-corrected chi connectivity index (χ3v) is 8.51. The van der Waals surface area contributed by atoms with Gasteiger partial charge in [-0.05, 0) is 47.7 Å². The molecule has 0 aliphatic carbocycles. The van der Waals surface area contributed by atoms with E-state index >= 15 is 4.39 Å². The van der Waals surface area contributed by atoms with Crippen molar-refractivity contribution in [3.63, 3.8) is 0 Å². The van der Waals surface area contributed by atoms with E-state index in [0.29, 0.717) is 30.8 Å². The highest BCUT2D eigenvalue weighted by Crippen LogP contribution is 2.33. The fourth-order valence-corrected chi connectivity index (χ4v) is 6.18. The average Bonchev–Trinajstić information content (AvgIpc) is 2.99. The number of nitrogens with zero attached hydrogens (tertiary/aromatic N) is 1. The van der Waals surface area contributed by atoms with Gasteiger partial charge in [0.15, 0.2) is 9.84 Å². The minimum absolute atomic E-state index is 0.0556. The van der Waals surface area contributed by atoms with Crippen molar-refractivity contribution >= 4 is 9.84 Å². The maximum atomic E-state index is 15.1. The van der Waals surface area contributed by atoms with Crippen LogP contribution in [0.15, 0.2) is 102 Å². The fourth-order valence-electron chi connectivity index (χ4n) is 5.20. The van der Waals surface area contributed by atoms with Gasteiger partial charge in [-0.25, -0.2) is 12.8 Å². The summed E-state index contributed by atoms with van der Waals surface area (Å²) in [5, 5.41) is 9.28. The Balaban J connectivity index is 1.57. The van der Waals surface area contributed by atoms with E-state index in [2.05, 4.69) is 0 Å². The number of rotatable bonds is 14. The largest absolute Gasteiger partial charge is 0.494 e. The number of aliphatic hydroxyl groups is 1. The first-order valence-electron chi connectivity index (χ1n) is 14.2. The van der Waals surface area contributed by atoms with Crippen LogP contribution in [0.5, 0.6) is 5.75 Å². The molecule has 0 saturated carbocycles. The van der Waals surface area contributed by atoms with Crippen molar-refractivity contribution in [3.8, 4) is 5.75 Å². The summed E-state index contributed by atoms with van der Waals surface area (Å²) in [7, 11) is -3.56. The standard InChI is InChI=1S/C34H35F4NO4S/c1-44(41,42)32-22-29(17-16-27(32)18-20-40)43-21-9-19-39(23-28-14-8-15-31(33(28)35)34(36,37)38)24-30(25-10-4-2-5-11-25)26-12-6-3-7-13-26/h2-8,10-17,22,30,40H,9,18-21,23-24H2,1H3. The zero-order valence-electron chi connectivity index (χ0n) is 24.3. The van der Waals surface area contributed by atoms with Gasteiger partial charge < -0.3 is 9.84 Å². The van der Waals surface area contributed by atoms with Crippen molar-refractivity contribution in [2.75, 3.05) is 32.6 Å². The Morgan fingerprint density at radius 2 is 1.50 bits per heavy atom. The van der Waals surface area contributed by atoms with Gasteiger partial charge in [-0.1, -0.05) is 78.9 Å². The number of aliphatic hydroxyl groups excluding tert-OH is 1. The van der Waals surface area contributed by atoms with Gasteiger partial charge >= 0.3 is 6.18 Å². The highest BCUT2D eigenvalue weighted by molar-refractivity contribution is 7.90. The summed E-state index contributed by atoms with van der Waals surface area (Å²) < 4.78 is 86.0. The zero-order valence-corrected chi connectivity index (χ0v) is 25.1. The van der Waals surface area contributed by atoms with Gasteiger partial charge in [0, 0.05) is 44.0 Å². The molecular weight excluding hydrogens is 594 g/mol. The second-order valence-electron chi connectivity index (χ2n) is 10.6. The Labute approximate surface area is 255 Å². The minimum Gasteiger partial charge on any atom is -0.494 e. The fraction of sp³-hybridized carbons (Fsp3) is 0.294. The lowest BCUT2D eigenvalue weighted by molar-refractivity contribution is -0.140. The monoisotopic (exact) mass is 629 g/mol. The molecule has 0 aliphatic heterocycles. The lowest BCUT2D eigenvalue weighted by Crippen LogP contribution is -2.31. The van der Waals surface area contributed by atoms with Crippen LogP contribution >= 0.6 is 0 Å². The molecule has 10 heteroatoms. The molecular formula is C34H35F4NO4S. The summed E-state index contributed by atoms with van der Waals surface area (Å²) in [5.41, 5.74) is 1.16. The molecule has 1 N–H and O–H groups in total. The van der Waals surface area contributed by atoms with Crippen molar-refractivity contribution in [1.29, 1.82) is 0 Å². The van der Waals surface area contributed by atoms with E-state index in [1.807, 2.05) is 65.6 Å².